The van der Waals surface area contributed by atoms with E-state index < -0.39 is 0 Å². The summed E-state index contributed by atoms with van der Waals surface area (Å²) in [6.07, 6.45) is 7.10. The molecule has 3 aliphatic carbocycles. The van der Waals surface area contributed by atoms with Gasteiger partial charge in [0, 0.05) is 33.8 Å². The number of allylic oxidation sites excluding steroid dienone is 3. The van der Waals surface area contributed by atoms with Crippen molar-refractivity contribution in [2.45, 2.75) is 51.4 Å². The first kappa shape index (κ1) is 31.3. The molecule has 0 fully saturated rings. The van der Waals surface area contributed by atoms with E-state index >= 15 is 0 Å². The van der Waals surface area contributed by atoms with Crippen molar-refractivity contribution in [3.05, 3.63) is 196 Å². The first-order valence-electron chi connectivity index (χ1n) is 18.3. The van der Waals surface area contributed by atoms with Crippen LogP contribution < -0.4 is 4.90 Å². The Morgan fingerprint density at radius 3 is 1.24 bits per heavy atom. The van der Waals surface area contributed by atoms with Gasteiger partial charge in [0.2, 0.25) is 0 Å². The monoisotopic (exact) mass is 657 g/mol. The first-order chi connectivity index (χ1) is 24.7. The Morgan fingerprint density at radius 2 is 0.804 bits per heavy atom. The van der Waals surface area contributed by atoms with Crippen LogP contribution in [0.3, 0.4) is 0 Å². The first-order valence-corrected chi connectivity index (χ1v) is 18.3. The summed E-state index contributed by atoms with van der Waals surface area (Å²) in [5, 5.41) is 0. The summed E-state index contributed by atoms with van der Waals surface area (Å²) >= 11 is 0. The molecule has 248 valence electrons. The maximum Gasteiger partial charge on any atom is 0.0462 e. The third-order valence-corrected chi connectivity index (χ3v) is 11.8. The number of hydrogen-bond donors (Lipinski definition) is 0. The highest BCUT2D eigenvalue weighted by Crippen LogP contribution is 2.49. The van der Waals surface area contributed by atoms with E-state index in [0.717, 1.165) is 17.1 Å². The van der Waals surface area contributed by atoms with Crippen molar-refractivity contribution in [2.75, 3.05) is 4.90 Å². The minimum atomic E-state index is -0.0441. The normalized spacial score (nSPS) is 17.6. The molecule has 3 aliphatic rings. The molecule has 51 heavy (non-hydrogen) atoms. The Morgan fingerprint density at radius 1 is 0.412 bits per heavy atom. The molecule has 6 aromatic rings. The fourth-order valence-electron chi connectivity index (χ4n) is 8.89. The molecule has 1 unspecified atom stereocenters. The van der Waals surface area contributed by atoms with E-state index in [9.17, 15) is 0 Å². The van der Waals surface area contributed by atoms with Crippen molar-refractivity contribution in [3.8, 4) is 0 Å². The van der Waals surface area contributed by atoms with Crippen LogP contribution in [0.5, 0.6) is 0 Å². The molecular formula is C50H43N. The number of benzene rings is 6. The summed E-state index contributed by atoms with van der Waals surface area (Å²) < 4.78 is 0. The van der Waals surface area contributed by atoms with Gasteiger partial charge in [0.1, 0.15) is 0 Å². The van der Waals surface area contributed by atoms with E-state index in [1.165, 1.54) is 66.8 Å². The van der Waals surface area contributed by atoms with Crippen LogP contribution >= 0.6 is 0 Å². The summed E-state index contributed by atoms with van der Waals surface area (Å²) in [4.78, 5) is 2.39. The van der Waals surface area contributed by atoms with Crippen LogP contribution in [-0.2, 0) is 10.8 Å². The zero-order valence-electron chi connectivity index (χ0n) is 30.1. The molecule has 1 atom stereocenters. The van der Waals surface area contributed by atoms with Crippen LogP contribution in [0.15, 0.2) is 146 Å². The van der Waals surface area contributed by atoms with Crippen LogP contribution in [0.25, 0.3) is 34.9 Å². The second-order valence-corrected chi connectivity index (χ2v) is 15.5. The van der Waals surface area contributed by atoms with E-state index in [1.54, 1.807) is 0 Å². The van der Waals surface area contributed by atoms with E-state index in [4.69, 9.17) is 0 Å². The highest BCUT2D eigenvalue weighted by Gasteiger charge is 2.34. The lowest BCUT2D eigenvalue weighted by Gasteiger charge is -2.28. The van der Waals surface area contributed by atoms with Crippen LogP contribution in [0.2, 0.25) is 0 Å². The zero-order chi connectivity index (χ0) is 34.9. The van der Waals surface area contributed by atoms with Gasteiger partial charge in [0.15, 0.2) is 0 Å². The van der Waals surface area contributed by atoms with Crippen molar-refractivity contribution in [3.63, 3.8) is 0 Å². The van der Waals surface area contributed by atoms with Gasteiger partial charge < -0.3 is 4.90 Å². The molecule has 0 radical (unpaired) electrons. The molecule has 0 heterocycles. The molecule has 1 nitrogen and oxygen atoms in total. The van der Waals surface area contributed by atoms with Gasteiger partial charge in [0.05, 0.1) is 0 Å². The summed E-state index contributed by atoms with van der Waals surface area (Å²) in [5.74, 6) is 0.379. The largest absolute Gasteiger partial charge is 0.311 e. The molecule has 9 rings (SSSR count). The lowest BCUT2D eigenvalue weighted by molar-refractivity contribution is 0.704. The highest BCUT2D eigenvalue weighted by atomic mass is 15.1. The van der Waals surface area contributed by atoms with E-state index in [-0.39, 0.29) is 10.8 Å². The topological polar surface area (TPSA) is 3.24 Å². The maximum absolute atomic E-state index is 2.39. The molecule has 0 saturated carbocycles. The lowest BCUT2D eigenvalue weighted by Crippen LogP contribution is -2.16. The third kappa shape index (κ3) is 5.06. The number of anilines is 3. The van der Waals surface area contributed by atoms with Gasteiger partial charge in [0.25, 0.3) is 0 Å². The molecule has 0 amide bonds. The van der Waals surface area contributed by atoms with E-state index in [2.05, 4.69) is 203 Å². The average Bonchev–Trinajstić information content (AvgIpc) is 3.74. The summed E-state index contributed by atoms with van der Waals surface area (Å²) in [5.41, 5.74) is 19.4. The Kier molecular flexibility index (Phi) is 7.19. The molecule has 0 N–H and O–H groups in total. The fraction of sp³-hybridized carbons (Fsp3) is 0.160. The predicted octanol–water partition coefficient (Wildman–Crippen LogP) is 13.5. The van der Waals surface area contributed by atoms with Crippen LogP contribution in [0, 0.1) is 0 Å². The molecule has 0 saturated heterocycles. The van der Waals surface area contributed by atoms with Crippen LogP contribution in [0.4, 0.5) is 17.1 Å². The van der Waals surface area contributed by atoms with Gasteiger partial charge in [-0.2, -0.15) is 0 Å². The number of hydrogen-bond acceptors (Lipinski definition) is 1. The Bertz CT molecular complexity index is 2280. The van der Waals surface area contributed by atoms with Crippen LogP contribution in [0.1, 0.15) is 90.6 Å². The molecule has 0 bridgehead atoms. The molecular weight excluding hydrogens is 615 g/mol. The highest BCUT2D eigenvalue weighted by molar-refractivity contribution is 5.96. The van der Waals surface area contributed by atoms with Gasteiger partial charge in [-0.25, -0.2) is 0 Å². The van der Waals surface area contributed by atoms with E-state index in [1.807, 2.05) is 0 Å². The second kappa shape index (κ2) is 11.7. The zero-order valence-corrected chi connectivity index (χ0v) is 30.1. The molecule has 0 aliphatic heterocycles. The smallest absolute Gasteiger partial charge is 0.0462 e. The number of nitrogens with zero attached hydrogens (tertiary/aromatic N) is 1. The van der Waals surface area contributed by atoms with Gasteiger partial charge in [-0.15, -0.1) is 0 Å². The third-order valence-electron chi connectivity index (χ3n) is 11.8. The minimum Gasteiger partial charge on any atom is -0.311 e. The van der Waals surface area contributed by atoms with Crippen molar-refractivity contribution in [1.82, 2.24) is 0 Å². The predicted molar refractivity (Wildman–Crippen MR) is 219 cm³/mol. The quantitative estimate of drug-likeness (QED) is 0.172. The van der Waals surface area contributed by atoms with Crippen molar-refractivity contribution in [1.29, 1.82) is 0 Å². The minimum absolute atomic E-state index is 0.0441. The fourth-order valence-corrected chi connectivity index (χ4v) is 8.89. The maximum atomic E-state index is 2.39. The van der Waals surface area contributed by atoms with Gasteiger partial charge in [-0.1, -0.05) is 150 Å². The molecule has 0 spiro atoms. The molecule has 1 heteroatoms. The van der Waals surface area contributed by atoms with Gasteiger partial charge in [-0.3, -0.25) is 0 Å². The van der Waals surface area contributed by atoms with Crippen molar-refractivity contribution in [2.24, 2.45) is 0 Å². The van der Waals surface area contributed by atoms with Gasteiger partial charge >= 0.3 is 0 Å². The van der Waals surface area contributed by atoms with E-state index in [0.29, 0.717) is 5.92 Å². The molecule has 6 aromatic carbocycles. The Balaban J connectivity index is 1.08. The average molecular weight is 658 g/mol. The van der Waals surface area contributed by atoms with Gasteiger partial charge in [-0.05, 0) is 115 Å². The SMILES string of the molecule is CC1C(c2ccc(N(c3ccc(C4=Cc5ccccc5C4(C)C)cc3)c3ccc(C4=Cc5ccccc5C4(C)C)cc3)cc2)=Cc2ccccc21. The summed E-state index contributed by atoms with van der Waals surface area (Å²) in [6, 6.07) is 53.9. The lowest BCUT2D eigenvalue weighted by atomic mass is 9.78. The number of fused-ring (bicyclic) bond motifs is 3. The van der Waals surface area contributed by atoms with Crippen LogP contribution in [-0.4, -0.2) is 0 Å². The Hall–Kier alpha value is -5.66. The second-order valence-electron chi connectivity index (χ2n) is 15.5. The van der Waals surface area contributed by atoms with Crippen molar-refractivity contribution >= 4 is 52.0 Å². The van der Waals surface area contributed by atoms with Crippen molar-refractivity contribution < 1.29 is 0 Å². The summed E-state index contributed by atoms with van der Waals surface area (Å²) in [7, 11) is 0. The Labute approximate surface area is 302 Å². The standard InChI is InChI=1S/C50H43N/c1-33-43-15-9-6-12-37(43)30-44(33)34-18-24-40(25-19-34)51(41-26-20-35(21-27-41)47-31-38-13-7-10-16-45(38)49(47,2)3)42-28-22-36(23-29-42)48-32-39-14-8-11-17-46(39)50(48,4)5/h6-33H,1-5H3. The summed E-state index contributed by atoms with van der Waals surface area (Å²) in [6.45, 7) is 11.7. The number of rotatable bonds is 6. The molecule has 0 aromatic heterocycles.